The van der Waals surface area contributed by atoms with Gasteiger partial charge in [0.1, 0.15) is 0 Å². The summed E-state index contributed by atoms with van der Waals surface area (Å²) >= 11 is 0. The minimum atomic E-state index is -0.450. The zero-order chi connectivity index (χ0) is 16.8. The number of ether oxygens (including phenoxy) is 2. The molecule has 0 aliphatic heterocycles. The van der Waals surface area contributed by atoms with E-state index in [0.29, 0.717) is 11.1 Å². The van der Waals surface area contributed by atoms with E-state index in [0.717, 1.165) is 38.5 Å². The molecule has 0 atom stereocenters. The number of carbonyl (C=O) groups excluding carboxylic acids is 2. The molecular formula is C18H30O4. The van der Waals surface area contributed by atoms with Crippen LogP contribution in [0.4, 0.5) is 0 Å². The number of allylic oxidation sites excluding steroid dienone is 2. The van der Waals surface area contributed by atoms with Crippen LogP contribution in [0.15, 0.2) is 23.3 Å². The molecule has 22 heavy (non-hydrogen) atoms. The van der Waals surface area contributed by atoms with Crippen molar-refractivity contribution in [1.29, 1.82) is 0 Å². The van der Waals surface area contributed by atoms with Crippen LogP contribution >= 0.6 is 0 Å². The lowest BCUT2D eigenvalue weighted by Gasteiger charge is -2.11. The molecule has 0 saturated heterocycles. The molecule has 0 fully saturated rings. The predicted octanol–water partition coefficient (Wildman–Crippen LogP) is 4.35. The molecule has 0 aromatic carbocycles. The number of hydrogen-bond acceptors (Lipinski definition) is 4. The topological polar surface area (TPSA) is 52.6 Å². The average molecular weight is 310 g/mol. The van der Waals surface area contributed by atoms with Crippen molar-refractivity contribution in [1.82, 2.24) is 0 Å². The van der Waals surface area contributed by atoms with Crippen LogP contribution in [0, 0.1) is 0 Å². The Hall–Kier alpha value is -1.58. The van der Waals surface area contributed by atoms with Gasteiger partial charge in [0.15, 0.2) is 0 Å². The maximum atomic E-state index is 12.2. The summed E-state index contributed by atoms with van der Waals surface area (Å²) in [5.41, 5.74) is 0.676. The molecule has 0 amide bonds. The van der Waals surface area contributed by atoms with E-state index in [1.807, 2.05) is 0 Å². The summed E-state index contributed by atoms with van der Waals surface area (Å²) in [6, 6.07) is 0. The van der Waals surface area contributed by atoms with Gasteiger partial charge in [0, 0.05) is 0 Å². The minimum Gasteiger partial charge on any atom is -0.462 e. The zero-order valence-electron chi connectivity index (χ0n) is 14.4. The summed E-state index contributed by atoms with van der Waals surface area (Å²) in [6.07, 6.45) is 9.08. The number of carbonyl (C=O) groups is 2. The Labute approximate surface area is 134 Å². The van der Waals surface area contributed by atoms with Crippen LogP contribution in [-0.4, -0.2) is 25.2 Å². The molecule has 0 rings (SSSR count). The van der Waals surface area contributed by atoms with Crippen LogP contribution in [0.25, 0.3) is 0 Å². The van der Waals surface area contributed by atoms with Gasteiger partial charge in [-0.15, -0.1) is 0 Å². The minimum absolute atomic E-state index is 0.287. The first-order chi connectivity index (χ1) is 10.6. The molecule has 0 bridgehead atoms. The van der Waals surface area contributed by atoms with Crippen molar-refractivity contribution in [2.24, 2.45) is 0 Å². The predicted molar refractivity (Wildman–Crippen MR) is 88.5 cm³/mol. The molecule has 0 spiro atoms. The summed E-state index contributed by atoms with van der Waals surface area (Å²) in [5, 5.41) is 0. The summed E-state index contributed by atoms with van der Waals surface area (Å²) in [4.78, 5) is 24.4. The van der Waals surface area contributed by atoms with Gasteiger partial charge >= 0.3 is 11.9 Å². The fraction of sp³-hybridized carbons (Fsp3) is 0.667. The Bertz CT molecular complexity index is 356. The van der Waals surface area contributed by atoms with Crippen LogP contribution < -0.4 is 0 Å². The van der Waals surface area contributed by atoms with Gasteiger partial charge < -0.3 is 9.47 Å². The molecule has 0 N–H and O–H groups in total. The van der Waals surface area contributed by atoms with E-state index in [1.54, 1.807) is 26.0 Å². The summed E-state index contributed by atoms with van der Waals surface area (Å²) < 4.78 is 10.2. The Morgan fingerprint density at radius 3 is 1.36 bits per heavy atom. The highest BCUT2D eigenvalue weighted by Crippen LogP contribution is 2.18. The summed E-state index contributed by atoms with van der Waals surface area (Å²) in [7, 11) is 0. The Kier molecular flexibility index (Phi) is 12.2. The Morgan fingerprint density at radius 2 is 1.09 bits per heavy atom. The van der Waals surface area contributed by atoms with Gasteiger partial charge in [0.2, 0.25) is 0 Å². The highest BCUT2D eigenvalue weighted by molar-refractivity contribution is 6.06. The smallest absolute Gasteiger partial charge is 0.338 e. The lowest BCUT2D eigenvalue weighted by molar-refractivity contribution is -0.142. The second-order valence-corrected chi connectivity index (χ2v) is 4.96. The van der Waals surface area contributed by atoms with E-state index in [1.165, 1.54) is 0 Å². The first-order valence-electron chi connectivity index (χ1n) is 8.37. The molecule has 0 aliphatic carbocycles. The third-order valence-electron chi connectivity index (χ3n) is 3.09. The van der Waals surface area contributed by atoms with Gasteiger partial charge in [-0.25, -0.2) is 9.59 Å². The van der Waals surface area contributed by atoms with E-state index in [4.69, 9.17) is 9.47 Å². The first kappa shape index (κ1) is 20.4. The average Bonchev–Trinajstić information content (AvgIpc) is 2.49. The second kappa shape index (κ2) is 13.1. The third kappa shape index (κ3) is 8.01. The summed E-state index contributed by atoms with van der Waals surface area (Å²) in [5.74, 6) is -0.899. The van der Waals surface area contributed by atoms with E-state index in [9.17, 15) is 9.59 Å². The fourth-order valence-electron chi connectivity index (χ4n) is 1.93. The third-order valence-corrected chi connectivity index (χ3v) is 3.09. The van der Waals surface area contributed by atoms with Crippen LogP contribution in [-0.2, 0) is 19.1 Å². The van der Waals surface area contributed by atoms with Gasteiger partial charge in [0.25, 0.3) is 0 Å². The maximum absolute atomic E-state index is 12.2. The monoisotopic (exact) mass is 310 g/mol. The van der Waals surface area contributed by atoms with E-state index < -0.39 is 11.9 Å². The van der Waals surface area contributed by atoms with Crippen molar-refractivity contribution in [2.45, 2.75) is 66.2 Å². The number of hydrogen-bond donors (Lipinski definition) is 0. The van der Waals surface area contributed by atoms with Crippen molar-refractivity contribution < 1.29 is 19.1 Å². The standard InChI is InChI=1S/C18H30O4/c1-5-9-11-13-15(17(19)21-7-3)16(14-12-10-6-2)18(20)22-8-4/h13-14H,5-12H2,1-4H3. The van der Waals surface area contributed by atoms with Gasteiger partial charge in [-0.2, -0.15) is 0 Å². The van der Waals surface area contributed by atoms with Crippen molar-refractivity contribution >= 4 is 11.9 Å². The lowest BCUT2D eigenvalue weighted by Crippen LogP contribution is -2.17. The number of unbranched alkanes of at least 4 members (excludes halogenated alkanes) is 4. The number of esters is 2. The van der Waals surface area contributed by atoms with Gasteiger partial charge in [0.05, 0.1) is 24.4 Å². The molecule has 0 aromatic rings. The molecule has 126 valence electrons. The fourth-order valence-corrected chi connectivity index (χ4v) is 1.93. The molecule has 4 nitrogen and oxygen atoms in total. The van der Waals surface area contributed by atoms with E-state index in [2.05, 4.69) is 13.8 Å². The highest BCUT2D eigenvalue weighted by Gasteiger charge is 2.22. The van der Waals surface area contributed by atoms with Crippen LogP contribution in [0.5, 0.6) is 0 Å². The van der Waals surface area contributed by atoms with Crippen LogP contribution in [0.1, 0.15) is 66.2 Å². The highest BCUT2D eigenvalue weighted by atomic mass is 16.5. The van der Waals surface area contributed by atoms with Crippen molar-refractivity contribution in [3.63, 3.8) is 0 Å². The largest absolute Gasteiger partial charge is 0.462 e. The van der Waals surface area contributed by atoms with E-state index in [-0.39, 0.29) is 13.2 Å². The number of rotatable bonds is 11. The Balaban J connectivity index is 5.40. The molecule has 0 unspecified atom stereocenters. The zero-order valence-corrected chi connectivity index (χ0v) is 14.4. The first-order valence-corrected chi connectivity index (χ1v) is 8.37. The SMILES string of the molecule is CCCCC=C(C(=O)OCC)C(=CCCCC)C(=O)OCC. The van der Waals surface area contributed by atoms with Gasteiger partial charge in [-0.05, 0) is 26.7 Å². The molecule has 0 aromatic heterocycles. The van der Waals surface area contributed by atoms with Crippen molar-refractivity contribution in [3.8, 4) is 0 Å². The molecular weight excluding hydrogens is 280 g/mol. The lowest BCUT2D eigenvalue weighted by atomic mass is 10.0. The molecule has 4 heteroatoms. The molecule has 0 saturated carbocycles. The maximum Gasteiger partial charge on any atom is 0.338 e. The van der Waals surface area contributed by atoms with Gasteiger partial charge in [-0.3, -0.25) is 0 Å². The quantitative estimate of drug-likeness (QED) is 0.246. The Morgan fingerprint density at radius 1 is 0.727 bits per heavy atom. The van der Waals surface area contributed by atoms with Crippen molar-refractivity contribution in [3.05, 3.63) is 23.3 Å². The summed E-state index contributed by atoms with van der Waals surface area (Å²) in [6.45, 7) is 8.26. The van der Waals surface area contributed by atoms with Crippen LogP contribution in [0.2, 0.25) is 0 Å². The van der Waals surface area contributed by atoms with Crippen LogP contribution in [0.3, 0.4) is 0 Å². The van der Waals surface area contributed by atoms with Gasteiger partial charge in [-0.1, -0.05) is 51.7 Å². The molecule has 0 heterocycles. The van der Waals surface area contributed by atoms with Crippen molar-refractivity contribution in [2.75, 3.05) is 13.2 Å². The normalized spacial score (nSPS) is 12.2. The second-order valence-electron chi connectivity index (χ2n) is 4.96. The van der Waals surface area contributed by atoms with E-state index >= 15 is 0 Å². The molecule has 0 radical (unpaired) electrons. The molecule has 0 aliphatic rings.